The van der Waals surface area contributed by atoms with Crippen LogP contribution in [0.1, 0.15) is 76.3 Å². The number of piperidine rings is 1. The monoisotopic (exact) mass is 766 g/mol. The van der Waals surface area contributed by atoms with Crippen LogP contribution in [-0.2, 0) is 20.8 Å². The highest BCUT2D eigenvalue weighted by atomic mass is 127. The number of carbonyl (C=O) groups excluding carboxylic acids is 2. The van der Waals surface area contributed by atoms with E-state index in [1.165, 1.54) is 16.7 Å². The van der Waals surface area contributed by atoms with Gasteiger partial charge >= 0.3 is 7.12 Å². The number of phenols is 1. The van der Waals surface area contributed by atoms with Gasteiger partial charge in [-0.1, -0.05) is 67.8 Å². The molecule has 3 heterocycles. The minimum absolute atomic E-state index is 0.0128. The quantitative estimate of drug-likeness (QED) is 0.112. The molecule has 3 aliphatic heterocycles. The first-order valence-electron chi connectivity index (χ1n) is 17.7. The number of aromatic hydroxyl groups is 1. The van der Waals surface area contributed by atoms with Crippen molar-refractivity contribution in [2.24, 2.45) is 17.8 Å². The molecule has 8 nitrogen and oxygen atoms in total. The average Bonchev–Trinajstić information content (AvgIpc) is 3.34. The molecule has 0 bridgehead atoms. The number of hydrogen-bond donors (Lipinski definition) is 2. The fraction of sp³-hybridized carbons (Fsp3) is 0.526. The van der Waals surface area contributed by atoms with Crippen LogP contribution in [0.25, 0.3) is 6.08 Å². The Labute approximate surface area is 298 Å². The Morgan fingerprint density at radius 3 is 2.52 bits per heavy atom. The molecule has 6 rings (SSSR count). The standard InChI is InChI=1S/C38H48BIN2O6/c1-4-9-24(18-26-19-31(40)36(43)33(20-26)47-3)12-13-32-34-27(5-2)21-29-35(30(34)22-39(46)48-32)38(45)42(37(29)44)28-14-16-41(17-15-28)23-25-10-7-6-8-11-25/h6-8,10-11,18-20,28-30,32,35,43,46H,4-5,9,12-17,21-23H2,1-3H3/b24-18+/t29-,30+,32-,35-/m1/s1. The molecular formula is C38H48BIN2O6. The highest BCUT2D eigenvalue weighted by Gasteiger charge is 2.58. The van der Waals surface area contributed by atoms with E-state index in [2.05, 4.69) is 71.7 Å². The second-order valence-electron chi connectivity index (χ2n) is 13.9. The predicted molar refractivity (Wildman–Crippen MR) is 196 cm³/mol. The fourth-order valence-corrected chi connectivity index (χ4v) is 9.26. The summed E-state index contributed by atoms with van der Waals surface area (Å²) in [6, 6.07) is 14.2. The van der Waals surface area contributed by atoms with Crippen LogP contribution >= 0.6 is 22.6 Å². The van der Waals surface area contributed by atoms with E-state index in [1.54, 1.807) is 12.0 Å². The highest BCUT2D eigenvalue weighted by molar-refractivity contribution is 14.1. The smallest absolute Gasteiger partial charge is 0.455 e. The maximum atomic E-state index is 14.3. The Balaban J connectivity index is 1.18. The molecule has 0 unspecified atom stereocenters. The first kappa shape index (κ1) is 35.2. The molecule has 2 aromatic rings. The summed E-state index contributed by atoms with van der Waals surface area (Å²) in [6.45, 7) is 6.89. The molecule has 3 saturated heterocycles. The van der Waals surface area contributed by atoms with E-state index in [1.807, 2.05) is 18.2 Å². The lowest BCUT2D eigenvalue weighted by molar-refractivity contribution is -0.144. The average molecular weight is 767 g/mol. The van der Waals surface area contributed by atoms with Gasteiger partial charge in [0.1, 0.15) is 0 Å². The maximum Gasteiger partial charge on any atom is 0.455 e. The molecule has 2 aromatic carbocycles. The number of phenolic OH excluding ortho intramolecular Hbond substituents is 1. The first-order chi connectivity index (χ1) is 23.2. The van der Waals surface area contributed by atoms with Crippen molar-refractivity contribution in [3.05, 3.63) is 73.9 Å². The largest absolute Gasteiger partial charge is 0.504 e. The van der Waals surface area contributed by atoms with Crippen molar-refractivity contribution in [1.29, 1.82) is 0 Å². The van der Waals surface area contributed by atoms with Crippen LogP contribution in [0.4, 0.5) is 0 Å². The van der Waals surface area contributed by atoms with Gasteiger partial charge in [-0.15, -0.1) is 0 Å². The van der Waals surface area contributed by atoms with Crippen LogP contribution in [0, 0.1) is 21.3 Å². The highest BCUT2D eigenvalue weighted by Crippen LogP contribution is 2.52. The summed E-state index contributed by atoms with van der Waals surface area (Å²) in [5.74, 6) is -0.429. The Hall–Kier alpha value is -2.67. The minimum atomic E-state index is -0.972. The van der Waals surface area contributed by atoms with E-state index in [4.69, 9.17) is 9.39 Å². The third-order valence-electron chi connectivity index (χ3n) is 10.9. The third kappa shape index (κ3) is 7.27. The summed E-state index contributed by atoms with van der Waals surface area (Å²) < 4.78 is 12.4. The lowest BCUT2D eigenvalue weighted by Gasteiger charge is -2.43. The number of fused-ring (bicyclic) bond motifs is 3. The van der Waals surface area contributed by atoms with Crippen molar-refractivity contribution in [3.8, 4) is 11.5 Å². The van der Waals surface area contributed by atoms with Crippen molar-refractivity contribution < 1.29 is 29.1 Å². The number of ether oxygens (including phenoxy) is 1. The van der Waals surface area contributed by atoms with E-state index in [0.717, 1.165) is 72.9 Å². The van der Waals surface area contributed by atoms with Gasteiger partial charge in [-0.2, -0.15) is 0 Å². The second kappa shape index (κ2) is 15.5. The van der Waals surface area contributed by atoms with E-state index in [0.29, 0.717) is 24.9 Å². The molecule has 0 aromatic heterocycles. The fourth-order valence-electron chi connectivity index (χ4n) is 8.64. The third-order valence-corrected chi connectivity index (χ3v) is 11.7. The van der Waals surface area contributed by atoms with Crippen LogP contribution in [0.2, 0.25) is 6.32 Å². The molecule has 0 spiro atoms. The number of likely N-dealkylation sites (tertiary alicyclic amines) is 2. The Bertz CT molecular complexity index is 1560. The van der Waals surface area contributed by atoms with Gasteiger partial charge in [-0.3, -0.25) is 19.4 Å². The van der Waals surface area contributed by atoms with Crippen LogP contribution in [0.15, 0.2) is 59.2 Å². The number of carbonyl (C=O) groups is 2. The zero-order chi connectivity index (χ0) is 33.9. The number of methoxy groups -OCH3 is 1. The molecule has 48 heavy (non-hydrogen) atoms. The van der Waals surface area contributed by atoms with Crippen molar-refractivity contribution >= 4 is 47.6 Å². The Morgan fingerprint density at radius 1 is 1.08 bits per heavy atom. The van der Waals surface area contributed by atoms with Gasteiger partial charge in [0, 0.05) is 25.7 Å². The van der Waals surface area contributed by atoms with Gasteiger partial charge in [0.05, 0.1) is 28.6 Å². The first-order valence-corrected chi connectivity index (χ1v) is 18.7. The SMILES string of the molecule is CCC/C(=C\c1cc(I)c(O)c(OC)c1)CC[C@H]1OB(O)C[C@H]2C1=C(CC)C[C@H]1C(=O)N(C3CCN(Cc4ccccc4)CC3)C(=O)[C@H]12. The van der Waals surface area contributed by atoms with Crippen molar-refractivity contribution in [3.63, 3.8) is 0 Å². The Morgan fingerprint density at radius 2 is 1.83 bits per heavy atom. The summed E-state index contributed by atoms with van der Waals surface area (Å²) in [5.41, 5.74) is 5.88. The van der Waals surface area contributed by atoms with Gasteiger partial charge in [0.2, 0.25) is 11.8 Å². The number of halogens is 1. The number of imide groups is 1. The van der Waals surface area contributed by atoms with Crippen LogP contribution < -0.4 is 4.74 Å². The lowest BCUT2D eigenvalue weighted by atomic mass is 9.58. The van der Waals surface area contributed by atoms with Crippen molar-refractivity contribution in [2.75, 3.05) is 20.2 Å². The van der Waals surface area contributed by atoms with Gasteiger partial charge in [-0.25, -0.2) is 0 Å². The van der Waals surface area contributed by atoms with Crippen LogP contribution in [0.5, 0.6) is 11.5 Å². The summed E-state index contributed by atoms with van der Waals surface area (Å²) in [5, 5.41) is 21.3. The van der Waals surface area contributed by atoms with Gasteiger partial charge in [-0.05, 0) is 109 Å². The number of nitrogens with zero attached hydrogens (tertiary/aromatic N) is 2. The molecule has 4 atom stereocenters. The van der Waals surface area contributed by atoms with Crippen molar-refractivity contribution in [2.45, 2.75) is 90.2 Å². The van der Waals surface area contributed by atoms with E-state index >= 15 is 0 Å². The molecule has 256 valence electrons. The van der Waals surface area contributed by atoms with E-state index < -0.39 is 13.0 Å². The van der Waals surface area contributed by atoms with Gasteiger partial charge in [0.15, 0.2) is 11.5 Å². The molecule has 1 aliphatic carbocycles. The molecule has 2 amide bonds. The predicted octanol–water partition coefficient (Wildman–Crippen LogP) is 6.84. The van der Waals surface area contributed by atoms with Gasteiger partial charge in [0.25, 0.3) is 0 Å². The van der Waals surface area contributed by atoms with Crippen LogP contribution in [0.3, 0.4) is 0 Å². The van der Waals surface area contributed by atoms with E-state index in [9.17, 15) is 19.7 Å². The normalized spacial score (nSPS) is 25.5. The topological polar surface area (TPSA) is 99.5 Å². The lowest BCUT2D eigenvalue weighted by Crippen LogP contribution is -2.48. The second-order valence-corrected chi connectivity index (χ2v) is 15.0. The Kier molecular flexibility index (Phi) is 11.3. The zero-order valence-corrected chi connectivity index (χ0v) is 30.5. The zero-order valence-electron chi connectivity index (χ0n) is 28.4. The van der Waals surface area contributed by atoms with Gasteiger partial charge < -0.3 is 19.5 Å². The molecular weight excluding hydrogens is 718 g/mol. The molecule has 4 aliphatic rings. The molecule has 10 heteroatoms. The summed E-state index contributed by atoms with van der Waals surface area (Å²) >= 11 is 2.12. The molecule has 0 radical (unpaired) electrons. The van der Waals surface area contributed by atoms with E-state index in [-0.39, 0.29) is 41.5 Å². The molecule has 0 saturated carbocycles. The maximum absolute atomic E-state index is 14.3. The summed E-state index contributed by atoms with van der Waals surface area (Å²) in [7, 11) is 0.583. The number of allylic oxidation sites excluding steroid dienone is 2. The summed E-state index contributed by atoms with van der Waals surface area (Å²) in [6.07, 6.45) is 8.55. The van der Waals surface area contributed by atoms with Crippen LogP contribution in [-0.4, -0.2) is 71.2 Å². The number of rotatable bonds is 11. The van der Waals surface area contributed by atoms with Crippen molar-refractivity contribution in [1.82, 2.24) is 9.80 Å². The molecule has 2 N–H and O–H groups in total. The number of amides is 2. The number of hydrogen-bond acceptors (Lipinski definition) is 7. The molecule has 3 fully saturated rings. The minimum Gasteiger partial charge on any atom is -0.504 e. The number of benzene rings is 2. The summed E-state index contributed by atoms with van der Waals surface area (Å²) in [4.78, 5) is 32.3.